The first-order valence-corrected chi connectivity index (χ1v) is 35.3. The van der Waals surface area contributed by atoms with Crippen LogP contribution in [0.5, 0.6) is 0 Å². The SMILES string of the molecule is CC(C)c1ccccc1-n1c(=O)c([N+](=O)[O-])c(N2C[C@@H](C)CC[C@@H]2CO)c2cc(F)c(Cl)nc21.Cc1ccc2c(ncn2C2CCCCO2)c1-c1nc2c(cc1F)c(N1C[C@@H](C)CC[C@@H]1CO)c([N+](=O)[O-])c(=O)n2-c1ccccc1C(C)C.Cc1ccc2c(ncn2C2CCCCO2)c1B(O)O. The lowest BCUT2D eigenvalue weighted by atomic mass is 9.76. The highest BCUT2D eigenvalue weighted by atomic mass is 35.5. The van der Waals surface area contributed by atoms with E-state index in [4.69, 9.17) is 31.0 Å². The molecule has 4 aliphatic rings. The molecule has 6 aromatic heterocycles. The van der Waals surface area contributed by atoms with E-state index in [1.165, 1.54) is 10.6 Å². The van der Waals surface area contributed by atoms with Gasteiger partial charge in [0.1, 0.15) is 35.3 Å². The van der Waals surface area contributed by atoms with Crippen molar-refractivity contribution in [1.29, 1.82) is 0 Å². The number of piperidine rings is 2. The molecule has 0 amide bonds. The van der Waals surface area contributed by atoms with E-state index in [0.29, 0.717) is 66.0 Å². The summed E-state index contributed by atoms with van der Waals surface area (Å²) in [6.07, 6.45) is 12.1. The second-order valence-electron chi connectivity index (χ2n) is 27.9. The maximum atomic E-state index is 16.8. The van der Waals surface area contributed by atoms with Gasteiger partial charge in [-0.2, -0.15) is 0 Å². The largest absolute Gasteiger partial charge is 0.491 e. The monoisotopic (exact) mass is 1420 g/mol. The molecule has 536 valence electrons. The standard InChI is InChI=1S/C37H41FN6O5.C24H26ClFN4O4.C13H17BN2O3/c1-21(2)25-9-5-6-10-28(25)43-36-26(34(35(37(43)46)44(47)48)41-18-22(3)12-14-24(41)19-45)17-27(38)32(40-36)31-23(4)13-15-29-33(31)39-20-42(29)30-11-7-8-16-49-30;1-13(2)16-6-4-5-7-19(16)29-23-17(10-18(26)22(25)27-23)20(21(24(29)32)30(33)34)28-11-14(3)8-9-15(28)12-31;1-9-5-6-10-13(12(9)14(17)18)15-8-16(10)11-4-2-3-7-19-11/h5-6,9-10,13,15,17,20-22,24,30,45H,7-8,11-12,14,16,18-19H2,1-4H3;4-7,10,13-15,31H,8-9,11-12H2,1-3H3;5-6,8,11,17-18H,2-4,7H2,1H3/t22-,24+,30?;14-,15+;/m00./s1. The van der Waals surface area contributed by atoms with Crippen molar-refractivity contribution in [3.63, 3.8) is 0 Å². The zero-order valence-corrected chi connectivity index (χ0v) is 59.1. The molecule has 10 heterocycles. The number of aliphatic hydroxyl groups excluding tert-OH is 2. The number of para-hydroxylation sites is 2. The van der Waals surface area contributed by atoms with E-state index in [9.17, 15) is 54.5 Å². The number of fused-ring (bicyclic) bond motifs is 4. The van der Waals surface area contributed by atoms with E-state index >= 15 is 4.39 Å². The lowest BCUT2D eigenvalue weighted by molar-refractivity contribution is -0.385. The van der Waals surface area contributed by atoms with E-state index < -0.39 is 68.3 Å². The topological polar surface area (TPSA) is 298 Å². The summed E-state index contributed by atoms with van der Waals surface area (Å²) in [5.74, 6) is -1.31. The van der Waals surface area contributed by atoms with Crippen LogP contribution in [0, 0.1) is 57.5 Å². The van der Waals surface area contributed by atoms with Crippen LogP contribution in [-0.4, -0.2) is 127 Å². The Morgan fingerprint density at radius 3 is 1.52 bits per heavy atom. The van der Waals surface area contributed by atoms with Crippen molar-refractivity contribution in [3.8, 4) is 22.6 Å². The Hall–Kier alpha value is -9.09. The molecule has 4 fully saturated rings. The minimum absolute atomic E-state index is 0.00476. The van der Waals surface area contributed by atoms with E-state index in [1.807, 2.05) is 113 Å². The number of hydrogen-bond acceptors (Lipinski definition) is 18. The molecule has 4 aliphatic heterocycles. The van der Waals surface area contributed by atoms with Gasteiger partial charge in [-0.05, 0) is 160 Å². The third-order valence-electron chi connectivity index (χ3n) is 20.3. The van der Waals surface area contributed by atoms with E-state index in [0.717, 1.165) is 102 Å². The second kappa shape index (κ2) is 30.5. The molecule has 0 radical (unpaired) electrons. The molecule has 0 bridgehead atoms. The highest BCUT2D eigenvalue weighted by molar-refractivity contribution is 6.62. The number of halogens is 3. The number of ether oxygens (including phenoxy) is 2. The van der Waals surface area contributed by atoms with Gasteiger partial charge in [-0.3, -0.25) is 39.0 Å². The van der Waals surface area contributed by atoms with Crippen molar-refractivity contribution in [2.24, 2.45) is 11.8 Å². The van der Waals surface area contributed by atoms with Crippen LogP contribution in [-0.2, 0) is 9.47 Å². The van der Waals surface area contributed by atoms with Gasteiger partial charge in [0.25, 0.3) is 0 Å². The number of pyridine rings is 4. The molecule has 2 unspecified atom stereocenters. The molecule has 0 aliphatic carbocycles. The maximum Gasteiger partial charge on any atom is 0.491 e. The zero-order chi connectivity index (χ0) is 72.7. The smallest absolute Gasteiger partial charge is 0.423 e. The van der Waals surface area contributed by atoms with Crippen LogP contribution in [0.3, 0.4) is 0 Å². The summed E-state index contributed by atoms with van der Waals surface area (Å²) in [4.78, 5) is 73.7. The fraction of sp³-hybridized carbons (Fsp3) is 0.432. The third kappa shape index (κ3) is 13.8. The number of nitrogens with zero attached hydrogens (tertiary/aromatic N) is 12. The van der Waals surface area contributed by atoms with Gasteiger partial charge < -0.3 is 48.7 Å². The summed E-state index contributed by atoms with van der Waals surface area (Å²) in [5, 5.41) is 64.4. The van der Waals surface area contributed by atoms with Gasteiger partial charge in [-0.1, -0.05) is 102 Å². The summed E-state index contributed by atoms with van der Waals surface area (Å²) in [6.45, 7) is 17.2. The van der Waals surface area contributed by atoms with Crippen molar-refractivity contribution >= 4 is 91.1 Å². The Balaban J connectivity index is 0.000000159. The first-order chi connectivity index (χ1) is 48.9. The Morgan fingerprint density at radius 2 is 1.07 bits per heavy atom. The Bertz CT molecular complexity index is 4960. The molecule has 4 saturated heterocycles. The number of nitro groups is 2. The summed E-state index contributed by atoms with van der Waals surface area (Å²) in [7, 11) is -1.50. The molecule has 28 heteroatoms. The van der Waals surface area contributed by atoms with Crippen LogP contribution >= 0.6 is 11.6 Å². The molecule has 24 nitrogen and oxygen atoms in total. The summed E-state index contributed by atoms with van der Waals surface area (Å²) >= 11 is 6.03. The van der Waals surface area contributed by atoms with Gasteiger partial charge in [0.05, 0.1) is 92.0 Å². The number of anilines is 2. The van der Waals surface area contributed by atoms with Gasteiger partial charge in [0.2, 0.25) is 0 Å². The fourth-order valence-electron chi connectivity index (χ4n) is 15.1. The molecule has 102 heavy (non-hydrogen) atoms. The van der Waals surface area contributed by atoms with Crippen molar-refractivity contribution in [2.45, 2.75) is 156 Å². The number of aliphatic hydroxyl groups is 2. The number of benzene rings is 4. The number of aromatic nitrogens is 8. The van der Waals surface area contributed by atoms with Crippen LogP contribution in [0.1, 0.15) is 152 Å². The predicted molar refractivity (Wildman–Crippen MR) is 390 cm³/mol. The quantitative estimate of drug-likeness (QED) is 0.0340. The molecule has 0 saturated carbocycles. The lowest BCUT2D eigenvalue weighted by Crippen LogP contribution is -2.46. The number of rotatable bonds is 14. The second-order valence-corrected chi connectivity index (χ2v) is 28.2. The van der Waals surface area contributed by atoms with E-state index in [-0.39, 0.29) is 88.5 Å². The summed E-state index contributed by atoms with van der Waals surface area (Å²) < 4.78 is 49.7. The van der Waals surface area contributed by atoms with Crippen LogP contribution < -0.4 is 26.4 Å². The predicted octanol–water partition coefficient (Wildman–Crippen LogP) is 12.7. The van der Waals surface area contributed by atoms with Gasteiger partial charge in [-0.25, -0.2) is 28.7 Å². The highest BCUT2D eigenvalue weighted by Crippen LogP contribution is 2.44. The van der Waals surface area contributed by atoms with E-state index in [2.05, 4.69) is 9.97 Å². The van der Waals surface area contributed by atoms with Crippen molar-refractivity contribution in [3.05, 3.63) is 178 Å². The van der Waals surface area contributed by atoms with Crippen molar-refractivity contribution in [1.82, 2.24) is 38.2 Å². The molecular formula is C74H84BClF2N12O12. The minimum atomic E-state index is -1.50. The Kier molecular flexibility index (Phi) is 21.7. The fourth-order valence-corrected chi connectivity index (χ4v) is 15.3. The molecule has 4 N–H and O–H groups in total. The number of hydrogen-bond donors (Lipinski definition) is 4. The Morgan fingerprint density at radius 1 is 0.618 bits per heavy atom. The molecule has 4 aromatic carbocycles. The molecule has 6 atom stereocenters. The molecule has 14 rings (SSSR count). The highest BCUT2D eigenvalue weighted by Gasteiger charge is 2.40. The normalized spacial score (nSPS) is 19.5. The minimum Gasteiger partial charge on any atom is -0.423 e. The van der Waals surface area contributed by atoms with Crippen LogP contribution in [0.15, 0.2) is 107 Å². The summed E-state index contributed by atoms with van der Waals surface area (Å²) in [5.41, 5.74) is 4.75. The van der Waals surface area contributed by atoms with Crippen LogP contribution in [0.2, 0.25) is 5.15 Å². The van der Waals surface area contributed by atoms with Gasteiger partial charge in [0.15, 0.2) is 22.3 Å². The molecule has 10 aromatic rings. The summed E-state index contributed by atoms with van der Waals surface area (Å²) in [6, 6.07) is 23.4. The van der Waals surface area contributed by atoms with Crippen LogP contribution in [0.25, 0.3) is 66.8 Å². The first-order valence-electron chi connectivity index (χ1n) is 34.9. The first kappa shape index (κ1) is 72.7. The van der Waals surface area contributed by atoms with Crippen molar-refractivity contribution < 1.29 is 48.4 Å². The van der Waals surface area contributed by atoms with Gasteiger partial charge >= 0.3 is 29.6 Å². The number of aryl methyl sites for hydroxylation is 2. The number of imidazole rings is 2. The third-order valence-corrected chi connectivity index (χ3v) is 20.6. The van der Waals surface area contributed by atoms with Gasteiger partial charge in [0, 0.05) is 37.3 Å². The average molecular weight is 1420 g/mol. The van der Waals surface area contributed by atoms with Crippen molar-refractivity contribution in [2.75, 3.05) is 49.3 Å². The van der Waals surface area contributed by atoms with E-state index in [1.54, 1.807) is 46.7 Å². The average Bonchev–Trinajstić information content (AvgIpc) is 1.26. The van der Waals surface area contributed by atoms with Crippen LogP contribution in [0.4, 0.5) is 31.5 Å². The Labute approximate surface area is 592 Å². The maximum absolute atomic E-state index is 16.8. The molecule has 0 spiro atoms. The van der Waals surface area contributed by atoms with Gasteiger partial charge in [-0.15, -0.1) is 0 Å². The zero-order valence-electron chi connectivity index (χ0n) is 58.3. The molecular weight excluding hydrogens is 1330 g/mol. The lowest BCUT2D eigenvalue weighted by Gasteiger charge is -2.39.